The van der Waals surface area contributed by atoms with E-state index < -0.39 is 5.43 Å². The molecule has 25 heteroatoms. The maximum absolute atomic E-state index is 11.1. The lowest BCUT2D eigenvalue weighted by molar-refractivity contribution is -0.125. The monoisotopic (exact) mass is 983 g/mol. The van der Waals surface area contributed by atoms with Crippen LogP contribution in [0, 0.1) is 20.8 Å². The summed E-state index contributed by atoms with van der Waals surface area (Å²) in [5.74, 6) is -0.216. The molecule has 0 spiro atoms. The van der Waals surface area contributed by atoms with E-state index >= 15 is 0 Å². The van der Waals surface area contributed by atoms with E-state index in [0.29, 0.717) is 46.6 Å². The van der Waals surface area contributed by atoms with Crippen LogP contribution in [0.3, 0.4) is 0 Å². The molecule has 4 saturated heterocycles. The van der Waals surface area contributed by atoms with Crippen LogP contribution >= 0.6 is 48.9 Å². The van der Waals surface area contributed by atoms with Gasteiger partial charge in [-0.2, -0.15) is 5.16 Å². The maximum atomic E-state index is 11.1. The summed E-state index contributed by atoms with van der Waals surface area (Å²) in [6.07, 6.45) is 4.71. The van der Waals surface area contributed by atoms with E-state index in [1.807, 2.05) is 37.6 Å². The first-order valence-electron chi connectivity index (χ1n) is 19.8. The SMILES string of the molecule is CCN1CC(=O)N(C)C1=O.CCN1CC(=O)N(C)C1=S.CCN1CC(=S)N(C)C1=O.CCN1CC(=S)N(C)C1=S.Cc1cc(=O)c(O)co1.Cc1co[nH]c1=O.Cc1cocc(O)c1=O. The average Bonchev–Trinajstić information content (AvgIpc) is 4.01. The van der Waals surface area contributed by atoms with Crippen LogP contribution in [0.15, 0.2) is 58.9 Å². The number of aromatic amines is 1. The van der Waals surface area contributed by atoms with E-state index in [1.54, 1.807) is 39.8 Å². The first-order valence-corrected chi connectivity index (χ1v) is 21.4. The van der Waals surface area contributed by atoms with E-state index in [9.17, 15) is 33.6 Å². The number of thiocarbonyl (C=S) groups is 4. The van der Waals surface area contributed by atoms with Crippen molar-refractivity contribution in [1.29, 1.82) is 0 Å². The average molecular weight is 984 g/mol. The van der Waals surface area contributed by atoms with E-state index in [-0.39, 0.29) is 52.9 Å². The molecule has 3 N–H and O–H groups in total. The van der Waals surface area contributed by atoms with Crippen molar-refractivity contribution in [3.63, 3.8) is 0 Å². The van der Waals surface area contributed by atoms with Gasteiger partial charge in [0.15, 0.2) is 21.7 Å². The number of urea groups is 2. The first kappa shape index (κ1) is 57.0. The number of likely N-dealkylation sites (N-methyl/N-ethyl adjacent to an activating group) is 8. The summed E-state index contributed by atoms with van der Waals surface area (Å²) in [7, 11) is 6.83. The lowest BCUT2D eigenvalue weighted by Gasteiger charge is -2.14. The fraction of sp³-hybridized carbons (Fsp3) is 0.475. The highest BCUT2D eigenvalue weighted by Gasteiger charge is 2.31. The number of nitrogens with one attached hydrogen (secondary N) is 1. The van der Waals surface area contributed by atoms with Crippen molar-refractivity contribution in [2.45, 2.75) is 48.5 Å². The number of aryl methyl sites for hydroxylation is 3. The Bertz CT molecular complexity index is 2160. The number of rotatable bonds is 4. The van der Waals surface area contributed by atoms with Crippen LogP contribution in [0.1, 0.15) is 44.6 Å². The third-order valence-corrected chi connectivity index (χ3v) is 11.1. The van der Waals surface area contributed by atoms with Crippen LogP contribution in [0.25, 0.3) is 0 Å². The van der Waals surface area contributed by atoms with Gasteiger partial charge in [0.1, 0.15) is 41.1 Å². The Morgan fingerprint density at radius 3 is 1.29 bits per heavy atom. The zero-order chi connectivity index (χ0) is 49.9. The Balaban J connectivity index is 0.000000380. The molecule has 0 radical (unpaired) electrons. The van der Waals surface area contributed by atoms with Gasteiger partial charge in [-0.3, -0.25) is 38.7 Å². The third kappa shape index (κ3) is 17.1. The van der Waals surface area contributed by atoms with E-state index in [2.05, 4.69) is 30.3 Å². The fourth-order valence-corrected chi connectivity index (χ4v) is 6.06. The molecule has 358 valence electrons. The highest BCUT2D eigenvalue weighted by atomic mass is 32.1. The molecule has 6 amide bonds. The third-order valence-electron chi connectivity index (χ3n) is 9.26. The van der Waals surface area contributed by atoms with Crippen LogP contribution < -0.4 is 16.4 Å². The van der Waals surface area contributed by atoms with Crippen molar-refractivity contribution in [2.75, 3.05) is 80.5 Å². The number of carbonyl (C=O) groups excluding carboxylic acids is 4. The van der Waals surface area contributed by atoms with Crippen molar-refractivity contribution >= 4 is 92.9 Å². The van der Waals surface area contributed by atoms with Crippen LogP contribution in [0.5, 0.6) is 11.5 Å². The van der Waals surface area contributed by atoms with Crippen LogP contribution in [0.2, 0.25) is 0 Å². The number of imide groups is 1. The molecule has 4 fully saturated rings. The van der Waals surface area contributed by atoms with Gasteiger partial charge in [0.05, 0.1) is 31.5 Å². The molecule has 7 heterocycles. The molecule has 0 bridgehead atoms. The molecule has 65 heavy (non-hydrogen) atoms. The molecule has 0 atom stereocenters. The van der Waals surface area contributed by atoms with E-state index in [4.69, 9.17) is 59.1 Å². The zero-order valence-corrected chi connectivity index (χ0v) is 41.5. The van der Waals surface area contributed by atoms with Crippen LogP contribution in [-0.4, -0.2) is 179 Å². The van der Waals surface area contributed by atoms with Crippen LogP contribution in [0.4, 0.5) is 9.59 Å². The van der Waals surface area contributed by atoms with Crippen molar-refractivity contribution < 1.29 is 42.7 Å². The second kappa shape index (κ2) is 27.3. The summed E-state index contributed by atoms with van der Waals surface area (Å²) < 4.78 is 13.7. The molecule has 4 aliphatic rings. The summed E-state index contributed by atoms with van der Waals surface area (Å²) >= 11 is 20.1. The summed E-state index contributed by atoms with van der Waals surface area (Å²) in [4.78, 5) is 90.2. The topological polar surface area (TPSA) is 241 Å². The van der Waals surface area contributed by atoms with Crippen molar-refractivity contribution in [2.24, 2.45) is 0 Å². The molecule has 0 unspecified atom stereocenters. The van der Waals surface area contributed by atoms with Gasteiger partial charge in [-0.05, 0) is 72.9 Å². The number of amides is 6. The lowest BCUT2D eigenvalue weighted by atomic mass is 10.3. The number of hydrogen-bond acceptors (Lipinski definition) is 16. The highest BCUT2D eigenvalue weighted by Crippen LogP contribution is 2.10. The van der Waals surface area contributed by atoms with Crippen molar-refractivity contribution in [1.82, 2.24) is 44.4 Å². The Kier molecular flexibility index (Phi) is 23.9. The van der Waals surface area contributed by atoms with Crippen molar-refractivity contribution in [3.05, 3.63) is 78.8 Å². The molecule has 0 saturated carbocycles. The molecule has 0 aromatic carbocycles. The quantitative estimate of drug-likeness (QED) is 0.251. The first-order chi connectivity index (χ1) is 30.4. The largest absolute Gasteiger partial charge is 0.502 e. The Morgan fingerprint density at radius 1 is 0.569 bits per heavy atom. The molecule has 0 aliphatic carbocycles. The van der Waals surface area contributed by atoms with Gasteiger partial charge >= 0.3 is 12.1 Å². The van der Waals surface area contributed by atoms with Gasteiger partial charge in [0, 0.05) is 66.0 Å². The number of aromatic nitrogens is 1. The van der Waals surface area contributed by atoms with Gasteiger partial charge in [0.25, 0.3) is 5.56 Å². The summed E-state index contributed by atoms with van der Waals surface area (Å²) in [5.41, 5.74) is 0.0926. The van der Waals surface area contributed by atoms with E-state index in [0.717, 1.165) is 53.7 Å². The normalized spacial score (nSPS) is 15.3. The van der Waals surface area contributed by atoms with E-state index in [1.165, 1.54) is 40.3 Å². The Morgan fingerprint density at radius 2 is 1.03 bits per heavy atom. The molecule has 4 aliphatic heterocycles. The summed E-state index contributed by atoms with van der Waals surface area (Å²) in [5, 5.41) is 21.0. The molecular weight excluding hydrogens is 927 g/mol. The predicted molar refractivity (Wildman–Crippen MR) is 258 cm³/mol. The number of carbonyl (C=O) groups is 4. The minimum Gasteiger partial charge on any atom is -0.502 e. The lowest BCUT2D eigenvalue weighted by Crippen LogP contribution is -2.29. The fourth-order valence-electron chi connectivity index (χ4n) is 4.93. The highest BCUT2D eigenvalue weighted by molar-refractivity contribution is 7.82. The zero-order valence-electron chi connectivity index (χ0n) is 38.2. The van der Waals surface area contributed by atoms with Gasteiger partial charge in [-0.1, -0.05) is 24.4 Å². The molecule has 3 aromatic rings. The molecule has 7 rings (SSSR count). The number of hydrogen-bond donors (Lipinski definition) is 3. The summed E-state index contributed by atoms with van der Waals surface area (Å²) in [6, 6.07) is 1.06. The Labute approximate surface area is 397 Å². The molecule has 3 aromatic heterocycles. The second-order valence-corrected chi connectivity index (χ2v) is 15.5. The number of aromatic hydroxyl groups is 2. The maximum Gasteiger partial charge on any atom is 0.326 e. The van der Waals surface area contributed by atoms with Gasteiger partial charge in [-0.15, -0.1) is 0 Å². The smallest absolute Gasteiger partial charge is 0.326 e. The molecular formula is C40H57N9O12S4. The van der Waals surface area contributed by atoms with Gasteiger partial charge < -0.3 is 48.1 Å². The van der Waals surface area contributed by atoms with Crippen molar-refractivity contribution in [3.8, 4) is 11.5 Å². The number of H-pyrrole nitrogens is 1. The predicted octanol–water partition coefficient (Wildman–Crippen LogP) is 3.12. The minimum atomic E-state index is -0.404. The van der Waals surface area contributed by atoms with Gasteiger partial charge in [0.2, 0.25) is 22.7 Å². The second-order valence-electron chi connectivity index (χ2n) is 13.9. The number of nitrogens with zero attached hydrogens (tertiary/aromatic N) is 8. The van der Waals surface area contributed by atoms with Gasteiger partial charge in [-0.25, -0.2) is 9.59 Å². The minimum absolute atomic E-state index is 0.0208. The molecule has 21 nitrogen and oxygen atoms in total. The Hall–Kier alpha value is -6.05. The van der Waals surface area contributed by atoms with Crippen LogP contribution in [-0.2, 0) is 9.59 Å². The standard InChI is InChI=1S/C6H10N2O2.2C6H10N2OS.C6H10N2S2.2C6H6O3.C4H5NO2/c1-3-8-4-5(9)7(2)6(8)10;1-3-8-4-5(10)7(2)6(8)9;2*1-3-8-4-5(9)7(2)6(8)10;1-4-2-9-3-5(7)6(4)8;1-4-2-5(7)6(8)3-9-4;1-3-2-7-5-4(3)6/h4*3-4H2,1-2H3;2-3,7H,1H3;2-3,8H,1H3;2H,1H3,(H,5,6). The summed E-state index contributed by atoms with van der Waals surface area (Å²) in [6.45, 7) is 18.0.